The third-order valence-corrected chi connectivity index (χ3v) is 4.00. The molecule has 2 aliphatic heterocycles. The van der Waals surface area contributed by atoms with Crippen molar-refractivity contribution in [2.45, 2.75) is 12.2 Å². The molecular formula is C18H17NO5. The van der Waals surface area contributed by atoms with Gasteiger partial charge in [0.15, 0.2) is 17.6 Å². The van der Waals surface area contributed by atoms with E-state index in [0.29, 0.717) is 23.8 Å². The molecule has 2 heterocycles. The van der Waals surface area contributed by atoms with Crippen LogP contribution in [0.5, 0.6) is 17.2 Å². The summed E-state index contributed by atoms with van der Waals surface area (Å²) in [6.45, 7) is 0.667. The van der Waals surface area contributed by atoms with Gasteiger partial charge in [0.2, 0.25) is 12.7 Å². The van der Waals surface area contributed by atoms with Crippen molar-refractivity contribution in [1.82, 2.24) is 5.32 Å². The van der Waals surface area contributed by atoms with Crippen LogP contribution in [0.2, 0.25) is 0 Å². The Hall–Kier alpha value is -2.73. The lowest BCUT2D eigenvalue weighted by atomic mass is 10.0. The molecule has 1 saturated heterocycles. The van der Waals surface area contributed by atoms with Gasteiger partial charge in [-0.25, -0.2) is 0 Å². The van der Waals surface area contributed by atoms with E-state index in [1.165, 1.54) is 0 Å². The van der Waals surface area contributed by atoms with Gasteiger partial charge in [0.05, 0.1) is 0 Å². The van der Waals surface area contributed by atoms with Gasteiger partial charge in [-0.1, -0.05) is 30.3 Å². The number of carbonyl (C=O) groups is 1. The molecule has 0 unspecified atom stereocenters. The van der Waals surface area contributed by atoms with Gasteiger partial charge in [0.1, 0.15) is 18.5 Å². The highest BCUT2D eigenvalue weighted by Gasteiger charge is 2.30. The highest BCUT2D eigenvalue weighted by Crippen LogP contribution is 2.37. The average Bonchev–Trinajstić information content (AvgIpc) is 3.09. The molecule has 0 aromatic heterocycles. The number of morpholine rings is 1. The molecule has 0 radical (unpaired) electrons. The summed E-state index contributed by atoms with van der Waals surface area (Å²) in [5, 5.41) is 2.82. The topological polar surface area (TPSA) is 66.0 Å². The molecule has 2 aliphatic rings. The average molecular weight is 327 g/mol. The van der Waals surface area contributed by atoms with Gasteiger partial charge in [-0.3, -0.25) is 4.79 Å². The molecule has 24 heavy (non-hydrogen) atoms. The molecule has 1 N–H and O–H groups in total. The van der Waals surface area contributed by atoms with E-state index in [-0.39, 0.29) is 31.5 Å². The third kappa shape index (κ3) is 3.00. The monoisotopic (exact) mass is 327 g/mol. The molecule has 1 amide bonds. The number of fused-ring (bicyclic) bond motifs is 1. The molecular weight excluding hydrogens is 310 g/mol. The Balaban J connectivity index is 1.59. The van der Waals surface area contributed by atoms with Crippen LogP contribution >= 0.6 is 0 Å². The lowest BCUT2D eigenvalue weighted by molar-refractivity contribution is -0.137. The molecule has 1 fully saturated rings. The molecule has 0 saturated carbocycles. The van der Waals surface area contributed by atoms with E-state index in [2.05, 4.69) is 5.32 Å². The van der Waals surface area contributed by atoms with Crippen molar-refractivity contribution >= 4 is 5.91 Å². The predicted octanol–water partition coefficient (Wildman–Crippen LogP) is 2.05. The molecule has 6 heteroatoms. The minimum atomic E-state index is -0.341. The van der Waals surface area contributed by atoms with E-state index in [1.54, 1.807) is 6.07 Å². The number of amides is 1. The van der Waals surface area contributed by atoms with Crippen molar-refractivity contribution < 1.29 is 23.7 Å². The first kappa shape index (κ1) is 14.8. The largest absolute Gasteiger partial charge is 0.483 e. The summed E-state index contributed by atoms with van der Waals surface area (Å²) in [5.74, 6) is 1.92. The van der Waals surface area contributed by atoms with E-state index >= 15 is 0 Å². The fourth-order valence-corrected chi connectivity index (χ4v) is 2.80. The second-order valence-corrected chi connectivity index (χ2v) is 5.62. The quantitative estimate of drug-likeness (QED) is 0.931. The van der Waals surface area contributed by atoms with Crippen molar-refractivity contribution in [3.05, 3.63) is 54.1 Å². The van der Waals surface area contributed by atoms with E-state index in [0.717, 1.165) is 5.56 Å². The summed E-state index contributed by atoms with van der Waals surface area (Å²) >= 11 is 0. The number of carbonyl (C=O) groups excluding carboxylic acids is 1. The smallest absolute Gasteiger partial charge is 0.246 e. The van der Waals surface area contributed by atoms with Crippen LogP contribution in [0.25, 0.3) is 0 Å². The minimum Gasteiger partial charge on any atom is -0.483 e. The summed E-state index contributed by atoms with van der Waals surface area (Å²) in [7, 11) is 0. The van der Waals surface area contributed by atoms with Gasteiger partial charge in [-0.05, 0) is 17.7 Å². The molecule has 0 aliphatic carbocycles. The van der Waals surface area contributed by atoms with Crippen molar-refractivity contribution in [3.8, 4) is 17.2 Å². The summed E-state index contributed by atoms with van der Waals surface area (Å²) in [5.41, 5.74) is 0.983. The maximum Gasteiger partial charge on any atom is 0.246 e. The van der Waals surface area contributed by atoms with E-state index < -0.39 is 0 Å². The first-order valence-electron chi connectivity index (χ1n) is 7.79. The molecule has 2 aromatic carbocycles. The normalized spacial score (nSPS) is 20.3. The molecule has 4 rings (SSSR count). The van der Waals surface area contributed by atoms with E-state index in [9.17, 15) is 4.79 Å². The molecule has 2 atom stereocenters. The summed E-state index contributed by atoms with van der Waals surface area (Å²) in [6, 6.07) is 15.3. The fourth-order valence-electron chi connectivity index (χ4n) is 2.80. The number of hydrogen-bond donors (Lipinski definition) is 1. The molecule has 6 nitrogen and oxygen atoms in total. The SMILES string of the molecule is O=C1CO[C@@H]([C@H](Oc2ccc3c(c2)OCO3)c2ccccc2)CN1. The van der Waals surface area contributed by atoms with Gasteiger partial charge >= 0.3 is 0 Å². The van der Waals surface area contributed by atoms with Crippen LogP contribution in [-0.2, 0) is 9.53 Å². The summed E-state index contributed by atoms with van der Waals surface area (Å²) in [6.07, 6.45) is -0.609. The molecule has 0 spiro atoms. The second-order valence-electron chi connectivity index (χ2n) is 5.62. The van der Waals surface area contributed by atoms with Crippen LogP contribution in [0.15, 0.2) is 48.5 Å². The van der Waals surface area contributed by atoms with Gasteiger partial charge in [0.25, 0.3) is 0 Å². The maximum atomic E-state index is 11.3. The maximum absolute atomic E-state index is 11.3. The Morgan fingerprint density at radius 2 is 1.92 bits per heavy atom. The first-order chi connectivity index (χ1) is 11.8. The van der Waals surface area contributed by atoms with E-state index in [4.69, 9.17) is 18.9 Å². The number of rotatable bonds is 4. The van der Waals surface area contributed by atoms with Crippen LogP contribution in [-0.4, -0.2) is 32.0 Å². The van der Waals surface area contributed by atoms with Crippen LogP contribution < -0.4 is 19.5 Å². The zero-order chi connectivity index (χ0) is 16.4. The van der Waals surface area contributed by atoms with Gasteiger partial charge in [0, 0.05) is 12.6 Å². The minimum absolute atomic E-state index is 0.0402. The third-order valence-electron chi connectivity index (χ3n) is 4.00. The van der Waals surface area contributed by atoms with Crippen LogP contribution in [0.4, 0.5) is 0 Å². The summed E-state index contributed by atoms with van der Waals surface area (Å²) < 4.78 is 22.6. The van der Waals surface area contributed by atoms with Crippen molar-refractivity contribution in [1.29, 1.82) is 0 Å². The standard InChI is InChI=1S/C18H17NO5/c20-17-10-21-16(9-19-17)18(12-4-2-1-3-5-12)24-13-6-7-14-15(8-13)23-11-22-14/h1-8,16,18H,9-11H2,(H,19,20)/t16-,18-/m1/s1. The number of ether oxygens (including phenoxy) is 4. The van der Waals surface area contributed by atoms with Gasteiger partial charge in [-0.2, -0.15) is 0 Å². The van der Waals surface area contributed by atoms with Crippen molar-refractivity contribution in [2.24, 2.45) is 0 Å². The Morgan fingerprint density at radius 1 is 1.08 bits per heavy atom. The molecule has 0 bridgehead atoms. The zero-order valence-electron chi connectivity index (χ0n) is 12.9. The van der Waals surface area contributed by atoms with Gasteiger partial charge < -0.3 is 24.3 Å². The van der Waals surface area contributed by atoms with Crippen molar-refractivity contribution in [3.63, 3.8) is 0 Å². The zero-order valence-corrected chi connectivity index (χ0v) is 12.9. The molecule has 2 aromatic rings. The lowest BCUT2D eigenvalue weighted by Gasteiger charge is -2.31. The predicted molar refractivity (Wildman–Crippen MR) is 85.1 cm³/mol. The van der Waals surface area contributed by atoms with E-state index in [1.807, 2.05) is 42.5 Å². The fraction of sp³-hybridized carbons (Fsp3) is 0.278. The van der Waals surface area contributed by atoms with Crippen LogP contribution in [0.3, 0.4) is 0 Å². The van der Waals surface area contributed by atoms with Crippen molar-refractivity contribution in [2.75, 3.05) is 19.9 Å². The van der Waals surface area contributed by atoms with Crippen LogP contribution in [0, 0.1) is 0 Å². The highest BCUT2D eigenvalue weighted by atomic mass is 16.7. The van der Waals surface area contributed by atoms with Crippen LogP contribution in [0.1, 0.15) is 11.7 Å². The molecule has 124 valence electrons. The summed E-state index contributed by atoms with van der Waals surface area (Å²) in [4.78, 5) is 11.3. The Morgan fingerprint density at radius 3 is 2.71 bits per heavy atom. The second kappa shape index (κ2) is 6.41. The highest BCUT2D eigenvalue weighted by molar-refractivity contribution is 5.77. The number of nitrogens with one attached hydrogen (secondary N) is 1. The lowest BCUT2D eigenvalue weighted by Crippen LogP contribution is -2.46. The van der Waals surface area contributed by atoms with Gasteiger partial charge in [-0.15, -0.1) is 0 Å². The Bertz CT molecular complexity index is 723. The number of hydrogen-bond acceptors (Lipinski definition) is 5. The Kier molecular flexibility index (Phi) is 3.96. The Labute approximate surface area is 139 Å². The number of benzene rings is 2. The first-order valence-corrected chi connectivity index (χ1v) is 7.79.